The van der Waals surface area contributed by atoms with E-state index in [1.807, 2.05) is 19.5 Å². The quantitative estimate of drug-likeness (QED) is 0.896. The van der Waals surface area contributed by atoms with Crippen LogP contribution in [0.3, 0.4) is 0 Å². The predicted molar refractivity (Wildman–Crippen MR) is 89.4 cm³/mol. The summed E-state index contributed by atoms with van der Waals surface area (Å²) >= 11 is 1.59. The maximum absolute atomic E-state index is 12.7. The summed E-state index contributed by atoms with van der Waals surface area (Å²) in [5, 5.41) is 0. The van der Waals surface area contributed by atoms with Gasteiger partial charge in [0.05, 0.1) is 23.2 Å². The van der Waals surface area contributed by atoms with Crippen molar-refractivity contribution in [3.63, 3.8) is 0 Å². The molecule has 5 nitrogen and oxygen atoms in total. The number of halogens is 2. The molecular formula is C13H23Cl2N3O2S. The fraction of sp³-hybridized carbons (Fsp3) is 0.692. The van der Waals surface area contributed by atoms with Crippen molar-refractivity contribution in [1.82, 2.24) is 9.88 Å². The Morgan fingerprint density at radius 2 is 2.10 bits per heavy atom. The van der Waals surface area contributed by atoms with Crippen LogP contribution in [0.15, 0.2) is 5.51 Å². The first-order chi connectivity index (χ1) is 9.09. The van der Waals surface area contributed by atoms with Crippen LogP contribution < -0.4 is 5.73 Å². The van der Waals surface area contributed by atoms with Gasteiger partial charge in [0.2, 0.25) is 5.91 Å². The minimum absolute atomic E-state index is 0. The van der Waals surface area contributed by atoms with Crippen molar-refractivity contribution in [2.75, 3.05) is 26.8 Å². The second kappa shape index (κ2) is 8.90. The lowest BCUT2D eigenvalue weighted by Gasteiger charge is -2.37. The van der Waals surface area contributed by atoms with Crippen LogP contribution in [0.1, 0.15) is 23.4 Å². The molecular weight excluding hydrogens is 333 g/mol. The molecule has 21 heavy (non-hydrogen) atoms. The second-order valence-corrected chi connectivity index (χ2v) is 6.06. The third-order valence-corrected chi connectivity index (χ3v) is 4.79. The molecule has 0 saturated carbocycles. The number of aromatic nitrogens is 1. The highest BCUT2D eigenvalue weighted by Crippen LogP contribution is 2.32. The minimum atomic E-state index is -0.439. The van der Waals surface area contributed by atoms with E-state index in [2.05, 4.69) is 4.98 Å². The number of carbonyl (C=O) groups excluding carboxylic acids is 1. The fourth-order valence-electron chi connectivity index (χ4n) is 2.44. The molecule has 0 aliphatic carbocycles. The Balaban J connectivity index is 0.00000200. The Morgan fingerprint density at radius 1 is 1.48 bits per heavy atom. The number of hydrogen-bond donors (Lipinski definition) is 1. The molecule has 0 unspecified atom stereocenters. The molecule has 1 aromatic rings. The average molecular weight is 356 g/mol. The van der Waals surface area contributed by atoms with Crippen LogP contribution in [-0.4, -0.2) is 42.6 Å². The molecule has 0 bridgehead atoms. The second-order valence-electron chi connectivity index (χ2n) is 5.12. The standard InChI is InChI=1S/C13H21N3O2S.2ClH/c1-10-11(19-9-15-10)7-16(2)12(17)13(8-14)3-5-18-6-4-13;;/h9H,3-8,14H2,1-2H3;2*1H. The van der Waals surface area contributed by atoms with E-state index >= 15 is 0 Å². The summed E-state index contributed by atoms with van der Waals surface area (Å²) in [4.78, 5) is 19.8. The maximum Gasteiger partial charge on any atom is 0.230 e. The molecule has 8 heteroatoms. The summed E-state index contributed by atoms with van der Waals surface area (Å²) in [6, 6.07) is 0. The van der Waals surface area contributed by atoms with E-state index in [0.29, 0.717) is 39.1 Å². The van der Waals surface area contributed by atoms with E-state index in [9.17, 15) is 4.79 Å². The Morgan fingerprint density at radius 3 is 2.57 bits per heavy atom. The number of amides is 1. The van der Waals surface area contributed by atoms with Crippen LogP contribution in [0.5, 0.6) is 0 Å². The molecule has 0 atom stereocenters. The highest BCUT2D eigenvalue weighted by atomic mass is 35.5. The van der Waals surface area contributed by atoms with Crippen molar-refractivity contribution in [2.45, 2.75) is 26.3 Å². The lowest BCUT2D eigenvalue weighted by Crippen LogP contribution is -2.49. The molecule has 0 spiro atoms. The lowest BCUT2D eigenvalue weighted by atomic mass is 9.79. The smallest absolute Gasteiger partial charge is 0.230 e. The molecule has 2 rings (SSSR count). The Labute approximate surface area is 142 Å². The van der Waals surface area contributed by atoms with Crippen LogP contribution in [0.2, 0.25) is 0 Å². The normalized spacial score (nSPS) is 16.5. The third kappa shape index (κ3) is 4.53. The number of nitrogens with two attached hydrogens (primary N) is 1. The highest BCUT2D eigenvalue weighted by molar-refractivity contribution is 7.09. The van der Waals surface area contributed by atoms with Gasteiger partial charge >= 0.3 is 0 Å². The summed E-state index contributed by atoms with van der Waals surface area (Å²) in [5.74, 6) is 0.131. The zero-order valence-electron chi connectivity index (χ0n) is 12.3. The predicted octanol–water partition coefficient (Wildman–Crippen LogP) is 2.01. The van der Waals surface area contributed by atoms with E-state index in [1.165, 1.54) is 0 Å². The lowest BCUT2D eigenvalue weighted by molar-refractivity contribution is -0.146. The van der Waals surface area contributed by atoms with E-state index in [1.54, 1.807) is 16.2 Å². The number of hydrogen-bond acceptors (Lipinski definition) is 5. The third-order valence-electron chi connectivity index (χ3n) is 3.87. The van der Waals surface area contributed by atoms with Gasteiger partial charge in [0.15, 0.2) is 0 Å². The van der Waals surface area contributed by atoms with Crippen molar-refractivity contribution in [1.29, 1.82) is 0 Å². The van der Waals surface area contributed by atoms with E-state index in [0.717, 1.165) is 10.6 Å². The van der Waals surface area contributed by atoms with E-state index in [-0.39, 0.29) is 30.7 Å². The molecule has 0 aromatic carbocycles. The number of rotatable bonds is 4. The van der Waals surface area contributed by atoms with Gasteiger partial charge in [-0.25, -0.2) is 4.98 Å². The average Bonchev–Trinajstić information content (AvgIpc) is 2.84. The first-order valence-electron chi connectivity index (χ1n) is 6.51. The van der Waals surface area contributed by atoms with Crippen LogP contribution in [0.4, 0.5) is 0 Å². The number of ether oxygens (including phenoxy) is 1. The van der Waals surface area contributed by atoms with Crippen molar-refractivity contribution in [3.8, 4) is 0 Å². The van der Waals surface area contributed by atoms with Gasteiger partial charge in [0, 0.05) is 31.7 Å². The topological polar surface area (TPSA) is 68.5 Å². The Bertz CT molecular complexity index is 450. The highest BCUT2D eigenvalue weighted by Gasteiger charge is 2.40. The Hall–Kier alpha value is -0.400. The zero-order valence-corrected chi connectivity index (χ0v) is 14.8. The fourth-order valence-corrected chi connectivity index (χ4v) is 3.27. The monoisotopic (exact) mass is 355 g/mol. The van der Waals surface area contributed by atoms with Gasteiger partial charge in [-0.15, -0.1) is 36.2 Å². The van der Waals surface area contributed by atoms with E-state index < -0.39 is 5.41 Å². The van der Waals surface area contributed by atoms with E-state index in [4.69, 9.17) is 10.5 Å². The zero-order chi connectivity index (χ0) is 13.9. The Kier molecular flexibility index (Phi) is 8.73. The molecule has 2 heterocycles. The van der Waals surface area contributed by atoms with Gasteiger partial charge in [-0.05, 0) is 19.8 Å². The van der Waals surface area contributed by atoms with Gasteiger partial charge < -0.3 is 15.4 Å². The molecule has 1 amide bonds. The summed E-state index contributed by atoms with van der Waals surface area (Å²) in [6.45, 7) is 4.21. The molecule has 1 aliphatic rings. The van der Waals surface area contributed by atoms with Crippen LogP contribution >= 0.6 is 36.2 Å². The molecule has 0 radical (unpaired) electrons. The molecule has 1 aliphatic heterocycles. The van der Waals surface area contributed by atoms with Gasteiger partial charge in [0.1, 0.15) is 0 Å². The van der Waals surface area contributed by atoms with Gasteiger partial charge in [-0.2, -0.15) is 0 Å². The van der Waals surface area contributed by atoms with Crippen molar-refractivity contribution in [3.05, 3.63) is 16.1 Å². The SMILES string of the molecule is Cc1ncsc1CN(C)C(=O)C1(CN)CCOCC1.Cl.Cl. The van der Waals surface area contributed by atoms with Crippen molar-refractivity contribution in [2.24, 2.45) is 11.1 Å². The summed E-state index contributed by atoms with van der Waals surface area (Å²) < 4.78 is 5.35. The van der Waals surface area contributed by atoms with Gasteiger partial charge in [0.25, 0.3) is 0 Å². The number of aryl methyl sites for hydroxylation is 1. The minimum Gasteiger partial charge on any atom is -0.381 e. The summed E-state index contributed by atoms with van der Waals surface area (Å²) in [7, 11) is 1.84. The molecule has 122 valence electrons. The first-order valence-corrected chi connectivity index (χ1v) is 7.39. The van der Waals surface area contributed by atoms with Crippen LogP contribution in [0.25, 0.3) is 0 Å². The molecule has 1 fully saturated rings. The largest absolute Gasteiger partial charge is 0.381 e. The van der Waals surface area contributed by atoms with Crippen molar-refractivity contribution < 1.29 is 9.53 Å². The number of nitrogens with zero attached hydrogens (tertiary/aromatic N) is 2. The van der Waals surface area contributed by atoms with Crippen LogP contribution in [0, 0.1) is 12.3 Å². The summed E-state index contributed by atoms with van der Waals surface area (Å²) in [6.07, 6.45) is 1.43. The number of carbonyl (C=O) groups is 1. The maximum atomic E-state index is 12.7. The summed E-state index contributed by atoms with van der Waals surface area (Å²) in [5.41, 5.74) is 8.24. The van der Waals surface area contributed by atoms with Crippen LogP contribution in [-0.2, 0) is 16.1 Å². The van der Waals surface area contributed by atoms with Gasteiger partial charge in [-0.3, -0.25) is 4.79 Å². The molecule has 2 N–H and O–H groups in total. The molecule has 1 aromatic heterocycles. The van der Waals surface area contributed by atoms with Crippen molar-refractivity contribution >= 4 is 42.1 Å². The van der Waals surface area contributed by atoms with Gasteiger partial charge in [-0.1, -0.05) is 0 Å². The molecule has 1 saturated heterocycles. The number of thiazole rings is 1. The first kappa shape index (κ1) is 20.6.